The molecule has 1 heterocycles. The highest BCUT2D eigenvalue weighted by Gasteiger charge is 2.16. The van der Waals surface area contributed by atoms with Crippen LogP contribution in [0.25, 0.3) is 0 Å². The minimum atomic E-state index is -2.76. The Balaban J connectivity index is 1.88. The monoisotopic (exact) mass is 312 g/mol. The van der Waals surface area contributed by atoms with Gasteiger partial charge in [0.15, 0.2) is 0 Å². The Hall–Kier alpha value is -1.23. The average molecular weight is 312 g/mol. The second kappa shape index (κ2) is 7.68. The molecule has 0 saturated heterocycles. The second-order valence-corrected chi connectivity index (χ2v) is 6.59. The molecule has 0 saturated carbocycles. The number of hydrogen-bond donors (Lipinski definition) is 0. The van der Waals surface area contributed by atoms with Gasteiger partial charge in [-0.15, -0.1) is 0 Å². The maximum atomic E-state index is 13.5. The summed E-state index contributed by atoms with van der Waals surface area (Å²) in [6.45, 7) is 2.14. The lowest BCUT2D eigenvalue weighted by Gasteiger charge is -2.22. The van der Waals surface area contributed by atoms with E-state index >= 15 is 0 Å². The van der Waals surface area contributed by atoms with E-state index < -0.39 is 17.8 Å². The van der Waals surface area contributed by atoms with Crippen molar-refractivity contribution in [2.75, 3.05) is 0 Å². The SMILES string of the molecule is CCCC1CCC([Si]Cc2ccc(C(F)F)c(F)c2)=CO1. The normalized spacial score (nSPS) is 18.5. The van der Waals surface area contributed by atoms with Crippen LogP contribution in [0, 0.1) is 5.82 Å². The summed E-state index contributed by atoms with van der Waals surface area (Å²) in [7, 11) is 0.520. The molecule has 1 nitrogen and oxygen atoms in total. The van der Waals surface area contributed by atoms with E-state index in [9.17, 15) is 13.2 Å². The maximum absolute atomic E-state index is 13.5. The summed E-state index contributed by atoms with van der Waals surface area (Å²) in [5.74, 6) is -0.816. The van der Waals surface area contributed by atoms with Gasteiger partial charge in [0.2, 0.25) is 0 Å². The highest BCUT2D eigenvalue weighted by atomic mass is 28.2. The molecule has 0 fully saturated rings. The average Bonchev–Trinajstić information content (AvgIpc) is 2.46. The lowest BCUT2D eigenvalue weighted by Crippen LogP contribution is -2.17. The molecule has 21 heavy (non-hydrogen) atoms. The minimum Gasteiger partial charge on any atom is -0.499 e. The van der Waals surface area contributed by atoms with Gasteiger partial charge in [-0.2, -0.15) is 0 Å². The predicted molar refractivity (Wildman–Crippen MR) is 77.9 cm³/mol. The molecule has 5 heteroatoms. The molecule has 0 amide bonds. The zero-order valence-electron chi connectivity index (χ0n) is 12.0. The fraction of sp³-hybridized carbons (Fsp3) is 0.500. The molecule has 0 spiro atoms. The van der Waals surface area contributed by atoms with Gasteiger partial charge in [-0.1, -0.05) is 30.7 Å². The van der Waals surface area contributed by atoms with Crippen molar-refractivity contribution in [3.8, 4) is 0 Å². The van der Waals surface area contributed by atoms with Gasteiger partial charge in [-0.25, -0.2) is 13.2 Å². The Bertz CT molecular complexity index is 502. The Morgan fingerprint density at radius 1 is 1.38 bits per heavy atom. The van der Waals surface area contributed by atoms with Crippen molar-refractivity contribution in [2.24, 2.45) is 0 Å². The number of benzene rings is 1. The first-order valence-electron chi connectivity index (χ1n) is 7.25. The van der Waals surface area contributed by atoms with E-state index in [0.717, 1.165) is 31.2 Å². The zero-order chi connectivity index (χ0) is 15.2. The first-order chi connectivity index (χ1) is 10.1. The molecule has 2 rings (SSSR count). The molecule has 0 N–H and O–H groups in total. The highest BCUT2D eigenvalue weighted by Crippen LogP contribution is 2.24. The van der Waals surface area contributed by atoms with Crippen LogP contribution in [0.15, 0.2) is 29.7 Å². The van der Waals surface area contributed by atoms with Crippen LogP contribution >= 0.6 is 0 Å². The predicted octanol–water partition coefficient (Wildman–Crippen LogP) is 4.79. The van der Waals surface area contributed by atoms with Crippen molar-refractivity contribution in [1.29, 1.82) is 0 Å². The van der Waals surface area contributed by atoms with Crippen molar-refractivity contribution in [1.82, 2.24) is 0 Å². The number of rotatable bonds is 6. The van der Waals surface area contributed by atoms with Gasteiger partial charge >= 0.3 is 0 Å². The van der Waals surface area contributed by atoms with Crippen LogP contribution in [0.4, 0.5) is 13.2 Å². The molecule has 1 unspecified atom stereocenters. The molecule has 1 atom stereocenters. The van der Waals surface area contributed by atoms with Gasteiger partial charge < -0.3 is 4.74 Å². The van der Waals surface area contributed by atoms with Gasteiger partial charge in [-0.3, -0.25) is 0 Å². The van der Waals surface area contributed by atoms with Crippen LogP contribution in [0.3, 0.4) is 0 Å². The number of ether oxygens (including phenoxy) is 1. The lowest BCUT2D eigenvalue weighted by molar-refractivity contribution is 0.113. The van der Waals surface area contributed by atoms with Crippen LogP contribution in [0.5, 0.6) is 0 Å². The first kappa shape index (κ1) is 16.1. The van der Waals surface area contributed by atoms with E-state index in [2.05, 4.69) is 6.92 Å². The molecular formula is C16H19F3OSi. The smallest absolute Gasteiger partial charge is 0.266 e. The number of halogens is 3. The summed E-state index contributed by atoms with van der Waals surface area (Å²) >= 11 is 0. The van der Waals surface area contributed by atoms with E-state index in [1.807, 2.05) is 6.26 Å². The van der Waals surface area contributed by atoms with Crippen molar-refractivity contribution in [3.05, 3.63) is 46.6 Å². The molecule has 0 aromatic heterocycles. The summed E-state index contributed by atoms with van der Waals surface area (Å²) in [4.78, 5) is 0. The van der Waals surface area contributed by atoms with Crippen LogP contribution < -0.4 is 0 Å². The maximum Gasteiger partial charge on any atom is 0.266 e. The van der Waals surface area contributed by atoms with E-state index in [1.165, 1.54) is 17.3 Å². The van der Waals surface area contributed by atoms with Crippen LogP contribution in [0.1, 0.15) is 50.2 Å². The first-order valence-corrected chi connectivity index (χ1v) is 8.45. The molecular weight excluding hydrogens is 293 g/mol. The van der Waals surface area contributed by atoms with Gasteiger partial charge in [0.05, 0.1) is 27.4 Å². The van der Waals surface area contributed by atoms with Gasteiger partial charge in [0, 0.05) is 0 Å². The van der Waals surface area contributed by atoms with E-state index in [0.29, 0.717) is 21.7 Å². The highest BCUT2D eigenvalue weighted by molar-refractivity contribution is 6.44. The standard InChI is InChI=1S/C16H19F3OSi/c1-2-3-12-5-6-13(9-20-12)21-10-11-4-7-14(16(18)19)15(17)8-11/h4,7-9,12,16H,2-3,5-6,10H2,1H3. The van der Waals surface area contributed by atoms with Crippen LogP contribution in [0.2, 0.25) is 0 Å². The molecule has 1 aliphatic heterocycles. The summed E-state index contributed by atoms with van der Waals surface area (Å²) < 4.78 is 44.1. The third-order valence-corrected chi connectivity index (χ3v) is 4.98. The number of hydrogen-bond acceptors (Lipinski definition) is 1. The minimum absolute atomic E-state index is 0.325. The summed E-state index contributed by atoms with van der Waals surface area (Å²) in [5, 5.41) is 1.24. The third kappa shape index (κ3) is 4.63. The number of allylic oxidation sites excluding steroid dienone is 1. The molecule has 1 aliphatic rings. The fourth-order valence-electron chi connectivity index (χ4n) is 2.36. The molecule has 2 radical (unpaired) electrons. The zero-order valence-corrected chi connectivity index (χ0v) is 13.0. The van der Waals surface area contributed by atoms with Gasteiger partial charge in [0.1, 0.15) is 5.82 Å². The third-order valence-electron chi connectivity index (χ3n) is 3.57. The second-order valence-electron chi connectivity index (χ2n) is 5.24. The van der Waals surface area contributed by atoms with Gasteiger partial charge in [0.25, 0.3) is 6.43 Å². The molecule has 0 aliphatic carbocycles. The lowest BCUT2D eigenvalue weighted by atomic mass is 10.1. The topological polar surface area (TPSA) is 9.23 Å². The summed E-state index contributed by atoms with van der Waals surface area (Å²) in [5.41, 5.74) is 0.233. The molecule has 114 valence electrons. The fourth-order valence-corrected chi connectivity index (χ4v) is 3.48. The van der Waals surface area contributed by atoms with E-state index in [1.54, 1.807) is 6.07 Å². The van der Waals surface area contributed by atoms with E-state index in [-0.39, 0.29) is 0 Å². The van der Waals surface area contributed by atoms with Crippen molar-refractivity contribution < 1.29 is 17.9 Å². The molecule has 0 bridgehead atoms. The van der Waals surface area contributed by atoms with Crippen molar-refractivity contribution in [3.63, 3.8) is 0 Å². The van der Waals surface area contributed by atoms with Crippen LogP contribution in [-0.4, -0.2) is 15.6 Å². The Kier molecular flexibility index (Phi) is 5.91. The summed E-state index contributed by atoms with van der Waals surface area (Å²) in [6.07, 6.45) is 3.65. The Labute approximate surface area is 126 Å². The molecule has 1 aromatic carbocycles. The Morgan fingerprint density at radius 2 is 2.19 bits per heavy atom. The van der Waals surface area contributed by atoms with Gasteiger partial charge in [-0.05, 0) is 36.9 Å². The Morgan fingerprint density at radius 3 is 2.76 bits per heavy atom. The van der Waals surface area contributed by atoms with E-state index in [4.69, 9.17) is 4.74 Å². The summed E-state index contributed by atoms with van der Waals surface area (Å²) in [6, 6.07) is 4.66. The number of alkyl halides is 2. The van der Waals surface area contributed by atoms with Crippen molar-refractivity contribution in [2.45, 2.75) is 51.2 Å². The van der Waals surface area contributed by atoms with Crippen molar-refractivity contribution >= 4 is 9.52 Å². The quantitative estimate of drug-likeness (QED) is 0.686. The van der Waals surface area contributed by atoms with Crippen LogP contribution in [-0.2, 0) is 10.8 Å². The molecule has 1 aromatic rings. The largest absolute Gasteiger partial charge is 0.499 e.